The van der Waals surface area contributed by atoms with Gasteiger partial charge in [-0.15, -0.1) is 11.6 Å². The molecule has 1 aromatic carbocycles. The zero-order valence-corrected chi connectivity index (χ0v) is 12.3. The summed E-state index contributed by atoms with van der Waals surface area (Å²) in [4.78, 5) is 13.5. The molecule has 0 radical (unpaired) electrons. The molecule has 0 atom stereocenters. The van der Waals surface area contributed by atoms with Crippen LogP contribution in [0, 0.1) is 0 Å². The summed E-state index contributed by atoms with van der Waals surface area (Å²) in [5.41, 5.74) is 0.489. The molecule has 1 saturated heterocycles. The minimum Gasteiger partial charge on any atom is -0.388 e. The lowest BCUT2D eigenvalue weighted by atomic mass is 9.91. The second kappa shape index (κ2) is 7.07. The molecule has 0 aliphatic carbocycles. The number of hydrogen-bond acceptors (Lipinski definition) is 3. The van der Waals surface area contributed by atoms with E-state index in [1.54, 1.807) is 0 Å². The van der Waals surface area contributed by atoms with Crippen LogP contribution in [0.2, 0.25) is 0 Å². The van der Waals surface area contributed by atoms with Gasteiger partial charge in [-0.05, 0) is 18.4 Å². The van der Waals surface area contributed by atoms with Crippen molar-refractivity contribution in [1.82, 2.24) is 10.2 Å². The first-order valence-corrected chi connectivity index (χ1v) is 7.46. The van der Waals surface area contributed by atoms with Gasteiger partial charge >= 0.3 is 0 Å². The van der Waals surface area contributed by atoms with Gasteiger partial charge in [0.1, 0.15) is 5.88 Å². The largest absolute Gasteiger partial charge is 0.388 e. The molecule has 1 aliphatic rings. The smallest absolute Gasteiger partial charge is 0.235 e. The molecule has 0 aromatic heterocycles. The number of hydrogen-bond donors (Lipinski definition) is 2. The highest BCUT2D eigenvalue weighted by Crippen LogP contribution is 2.22. The average Bonchev–Trinajstić information content (AvgIpc) is 2.49. The molecule has 1 amide bonds. The fraction of sp³-hybridized carbons (Fsp3) is 0.533. The number of benzene rings is 1. The van der Waals surface area contributed by atoms with Crippen molar-refractivity contribution in [3.8, 4) is 0 Å². The van der Waals surface area contributed by atoms with E-state index in [0.29, 0.717) is 12.8 Å². The van der Waals surface area contributed by atoms with Gasteiger partial charge in [0.15, 0.2) is 0 Å². The predicted octanol–water partition coefficient (Wildman–Crippen LogP) is 1.37. The molecule has 2 N–H and O–H groups in total. The first-order valence-electron chi connectivity index (χ1n) is 6.93. The monoisotopic (exact) mass is 296 g/mol. The first kappa shape index (κ1) is 15.3. The number of nitrogens with zero attached hydrogens (tertiary/aromatic N) is 1. The van der Waals surface area contributed by atoms with Crippen molar-refractivity contribution in [2.45, 2.75) is 25.0 Å². The Hall–Kier alpha value is -1.10. The second-order valence-corrected chi connectivity index (χ2v) is 5.66. The van der Waals surface area contributed by atoms with E-state index in [1.165, 1.54) is 5.56 Å². The van der Waals surface area contributed by atoms with Gasteiger partial charge in [-0.2, -0.15) is 0 Å². The lowest BCUT2D eigenvalue weighted by molar-refractivity contribution is -0.120. The summed E-state index contributed by atoms with van der Waals surface area (Å²) < 4.78 is 0. The molecule has 0 unspecified atom stereocenters. The molecular formula is C15H21ClN2O2. The van der Waals surface area contributed by atoms with E-state index in [1.807, 2.05) is 18.2 Å². The number of carbonyl (C=O) groups excluding carboxylic acids is 1. The number of rotatable bonds is 5. The highest BCUT2D eigenvalue weighted by Gasteiger charge is 2.32. The molecule has 2 rings (SSSR count). The summed E-state index contributed by atoms with van der Waals surface area (Å²) in [5, 5.41) is 13.1. The van der Waals surface area contributed by atoms with E-state index in [0.717, 1.165) is 19.6 Å². The summed E-state index contributed by atoms with van der Waals surface area (Å²) >= 11 is 5.43. The molecular weight excluding hydrogens is 276 g/mol. The number of likely N-dealkylation sites (tertiary alicyclic amines) is 1. The first-order chi connectivity index (χ1) is 9.61. The van der Waals surface area contributed by atoms with Crippen LogP contribution in [0.5, 0.6) is 0 Å². The minimum atomic E-state index is -0.797. The highest BCUT2D eigenvalue weighted by atomic mass is 35.5. The summed E-state index contributed by atoms with van der Waals surface area (Å²) in [5.74, 6) is -0.289. The predicted molar refractivity (Wildman–Crippen MR) is 79.6 cm³/mol. The second-order valence-electron chi connectivity index (χ2n) is 5.40. The van der Waals surface area contributed by atoms with Crippen molar-refractivity contribution in [2.75, 3.05) is 25.5 Å². The van der Waals surface area contributed by atoms with Crippen LogP contribution in [0.1, 0.15) is 18.4 Å². The van der Waals surface area contributed by atoms with Crippen molar-refractivity contribution >= 4 is 17.5 Å². The third-order valence-corrected chi connectivity index (χ3v) is 4.01. The van der Waals surface area contributed by atoms with Crippen LogP contribution in [0.25, 0.3) is 0 Å². The van der Waals surface area contributed by atoms with Crippen LogP contribution in [0.3, 0.4) is 0 Å². The molecule has 1 aromatic rings. The molecule has 0 bridgehead atoms. The van der Waals surface area contributed by atoms with E-state index >= 15 is 0 Å². The number of piperidine rings is 1. The van der Waals surface area contributed by atoms with E-state index in [2.05, 4.69) is 22.3 Å². The average molecular weight is 297 g/mol. The number of halogens is 1. The van der Waals surface area contributed by atoms with E-state index in [4.69, 9.17) is 11.6 Å². The fourth-order valence-corrected chi connectivity index (χ4v) is 2.55. The van der Waals surface area contributed by atoms with Crippen LogP contribution in [0.4, 0.5) is 0 Å². The van der Waals surface area contributed by atoms with Crippen LogP contribution in [-0.4, -0.2) is 47.0 Å². The molecule has 0 saturated carbocycles. The number of nitrogens with one attached hydrogen (secondary N) is 1. The van der Waals surface area contributed by atoms with Crippen molar-refractivity contribution in [2.24, 2.45) is 0 Å². The van der Waals surface area contributed by atoms with Gasteiger partial charge < -0.3 is 10.4 Å². The van der Waals surface area contributed by atoms with Gasteiger partial charge in [-0.3, -0.25) is 9.69 Å². The Morgan fingerprint density at radius 2 is 1.95 bits per heavy atom. The van der Waals surface area contributed by atoms with Crippen LogP contribution >= 0.6 is 11.6 Å². The third kappa shape index (κ3) is 4.47. The molecule has 1 heterocycles. The Morgan fingerprint density at radius 3 is 2.55 bits per heavy atom. The molecule has 1 fully saturated rings. The molecule has 1 aliphatic heterocycles. The zero-order chi connectivity index (χ0) is 14.4. The quantitative estimate of drug-likeness (QED) is 0.807. The Bertz CT molecular complexity index is 431. The number of aliphatic hydroxyl groups is 1. The highest BCUT2D eigenvalue weighted by molar-refractivity contribution is 6.27. The maximum atomic E-state index is 11.1. The molecule has 110 valence electrons. The summed E-state index contributed by atoms with van der Waals surface area (Å²) in [6.07, 6.45) is 1.34. The van der Waals surface area contributed by atoms with E-state index in [-0.39, 0.29) is 18.3 Å². The van der Waals surface area contributed by atoms with Gasteiger partial charge in [0, 0.05) is 26.2 Å². The Labute approximate surface area is 124 Å². The van der Waals surface area contributed by atoms with Gasteiger partial charge in [-0.1, -0.05) is 30.3 Å². The van der Waals surface area contributed by atoms with Crippen LogP contribution < -0.4 is 5.32 Å². The van der Waals surface area contributed by atoms with Crippen LogP contribution in [0.15, 0.2) is 30.3 Å². The van der Waals surface area contributed by atoms with Crippen molar-refractivity contribution in [3.05, 3.63) is 35.9 Å². The lowest BCUT2D eigenvalue weighted by Crippen LogP contribution is -2.50. The van der Waals surface area contributed by atoms with Gasteiger partial charge in [0.2, 0.25) is 5.91 Å². The summed E-state index contributed by atoms with van der Waals surface area (Å²) in [6.45, 7) is 2.87. The fourth-order valence-electron chi connectivity index (χ4n) is 2.46. The van der Waals surface area contributed by atoms with E-state index < -0.39 is 5.60 Å². The topological polar surface area (TPSA) is 52.6 Å². The standard InChI is InChI=1S/C15H21ClN2O2/c16-10-14(19)17-12-15(20)6-8-18(9-7-15)11-13-4-2-1-3-5-13/h1-5,20H,6-12H2,(H,17,19). The van der Waals surface area contributed by atoms with Gasteiger partial charge in [-0.25, -0.2) is 0 Å². The van der Waals surface area contributed by atoms with E-state index in [9.17, 15) is 9.90 Å². The van der Waals surface area contributed by atoms with Crippen LogP contribution in [-0.2, 0) is 11.3 Å². The maximum absolute atomic E-state index is 11.1. The number of amides is 1. The lowest BCUT2D eigenvalue weighted by Gasteiger charge is -2.38. The van der Waals surface area contributed by atoms with Gasteiger partial charge in [0.25, 0.3) is 0 Å². The Morgan fingerprint density at radius 1 is 1.30 bits per heavy atom. The molecule has 0 spiro atoms. The number of alkyl halides is 1. The minimum absolute atomic E-state index is 0.0593. The van der Waals surface area contributed by atoms with Gasteiger partial charge in [0.05, 0.1) is 5.60 Å². The molecule has 5 heteroatoms. The van der Waals surface area contributed by atoms with Crippen molar-refractivity contribution in [3.63, 3.8) is 0 Å². The summed E-state index contributed by atoms with van der Waals surface area (Å²) in [6, 6.07) is 10.3. The maximum Gasteiger partial charge on any atom is 0.235 e. The number of carbonyl (C=O) groups is 1. The Balaban J connectivity index is 1.78. The van der Waals surface area contributed by atoms with Crippen molar-refractivity contribution in [1.29, 1.82) is 0 Å². The molecule has 20 heavy (non-hydrogen) atoms. The molecule has 4 nitrogen and oxygen atoms in total. The van der Waals surface area contributed by atoms with Crippen molar-refractivity contribution < 1.29 is 9.90 Å². The normalized spacial score (nSPS) is 18.7. The summed E-state index contributed by atoms with van der Waals surface area (Å²) in [7, 11) is 0. The third-order valence-electron chi connectivity index (χ3n) is 3.77. The Kier molecular flexibility index (Phi) is 5.40. The SMILES string of the molecule is O=C(CCl)NCC1(O)CCN(Cc2ccccc2)CC1. The zero-order valence-electron chi connectivity index (χ0n) is 11.5.